The summed E-state index contributed by atoms with van der Waals surface area (Å²) in [6.07, 6.45) is -0.437. The number of carboxylic acid groups (broad SMARTS) is 1. The van der Waals surface area contributed by atoms with Gasteiger partial charge in [0.15, 0.2) is 0 Å². The van der Waals surface area contributed by atoms with E-state index in [1.165, 1.54) is 4.90 Å². The number of hydrogen-bond donors (Lipinski definition) is 2. The van der Waals surface area contributed by atoms with Gasteiger partial charge in [-0.3, -0.25) is 9.59 Å². The Hall–Kier alpha value is -3.39. The molecule has 35 heavy (non-hydrogen) atoms. The first-order chi connectivity index (χ1) is 16.7. The van der Waals surface area contributed by atoms with Gasteiger partial charge in [0, 0.05) is 18.5 Å². The SMILES string of the molecule is CC(C)N(CCC(=O)O)C(=O)C(CCN(C)C)NC(=O)OCC1c2ccccc2-c2ccccc21. The Labute approximate surface area is 206 Å². The Kier molecular flexibility index (Phi) is 8.87. The van der Waals surface area contributed by atoms with Gasteiger partial charge in [0.1, 0.15) is 12.6 Å². The third-order valence-electron chi connectivity index (χ3n) is 6.27. The highest BCUT2D eigenvalue weighted by atomic mass is 16.5. The highest BCUT2D eigenvalue weighted by Gasteiger charge is 2.31. The van der Waals surface area contributed by atoms with Crippen LogP contribution in [-0.4, -0.2) is 78.8 Å². The lowest BCUT2D eigenvalue weighted by molar-refractivity contribution is -0.140. The molecular formula is C27H35N3O5. The van der Waals surface area contributed by atoms with Gasteiger partial charge in [-0.05, 0) is 63.2 Å². The Morgan fingerprint density at radius 2 is 1.54 bits per heavy atom. The van der Waals surface area contributed by atoms with Crippen molar-refractivity contribution in [3.63, 3.8) is 0 Å². The van der Waals surface area contributed by atoms with E-state index in [4.69, 9.17) is 9.84 Å². The average molecular weight is 482 g/mol. The number of ether oxygens (including phenoxy) is 1. The van der Waals surface area contributed by atoms with E-state index in [-0.39, 0.29) is 37.4 Å². The molecule has 2 amide bonds. The molecule has 0 saturated heterocycles. The van der Waals surface area contributed by atoms with E-state index in [2.05, 4.69) is 17.4 Å². The van der Waals surface area contributed by atoms with Gasteiger partial charge in [-0.2, -0.15) is 0 Å². The molecule has 0 spiro atoms. The first kappa shape index (κ1) is 26.2. The molecule has 0 saturated carbocycles. The number of nitrogens with zero attached hydrogens (tertiary/aromatic N) is 2. The molecule has 0 radical (unpaired) electrons. The van der Waals surface area contributed by atoms with E-state index >= 15 is 0 Å². The van der Waals surface area contributed by atoms with Crippen LogP contribution in [0, 0.1) is 0 Å². The molecule has 0 fully saturated rings. The predicted octanol–water partition coefficient (Wildman–Crippen LogP) is 3.56. The second kappa shape index (κ2) is 11.8. The van der Waals surface area contributed by atoms with Crippen LogP contribution in [0.1, 0.15) is 43.7 Å². The second-order valence-corrected chi connectivity index (χ2v) is 9.38. The molecule has 1 atom stereocenters. The minimum atomic E-state index is -0.974. The Morgan fingerprint density at radius 3 is 2.06 bits per heavy atom. The van der Waals surface area contributed by atoms with Crippen molar-refractivity contribution >= 4 is 18.0 Å². The van der Waals surface area contributed by atoms with E-state index < -0.39 is 18.1 Å². The monoisotopic (exact) mass is 481 g/mol. The number of aliphatic carboxylic acids is 1. The third kappa shape index (κ3) is 6.60. The van der Waals surface area contributed by atoms with Crippen molar-refractivity contribution in [3.8, 4) is 11.1 Å². The quantitative estimate of drug-likeness (QED) is 0.509. The normalized spacial score (nSPS) is 13.3. The van der Waals surface area contributed by atoms with Gasteiger partial charge in [-0.25, -0.2) is 4.79 Å². The molecule has 0 aliphatic heterocycles. The van der Waals surface area contributed by atoms with Gasteiger partial charge in [0.2, 0.25) is 5.91 Å². The fourth-order valence-corrected chi connectivity index (χ4v) is 4.47. The van der Waals surface area contributed by atoms with Gasteiger partial charge in [-0.15, -0.1) is 0 Å². The molecule has 188 valence electrons. The molecule has 1 aliphatic carbocycles. The minimum Gasteiger partial charge on any atom is -0.481 e. The van der Waals surface area contributed by atoms with Gasteiger partial charge < -0.3 is 25.0 Å². The summed E-state index contributed by atoms with van der Waals surface area (Å²) in [6, 6.07) is 15.2. The molecule has 3 rings (SSSR count). The van der Waals surface area contributed by atoms with Crippen molar-refractivity contribution in [2.45, 2.75) is 44.7 Å². The van der Waals surface area contributed by atoms with E-state index in [0.717, 1.165) is 22.3 Å². The van der Waals surface area contributed by atoms with Crippen LogP contribution in [0.3, 0.4) is 0 Å². The second-order valence-electron chi connectivity index (χ2n) is 9.38. The Bertz CT molecular complexity index is 1010. The number of nitrogens with one attached hydrogen (secondary N) is 1. The summed E-state index contributed by atoms with van der Waals surface area (Å²) in [6.45, 7) is 4.47. The van der Waals surface area contributed by atoms with Crippen molar-refractivity contribution < 1.29 is 24.2 Å². The summed E-state index contributed by atoms with van der Waals surface area (Å²) in [5.41, 5.74) is 4.51. The lowest BCUT2D eigenvalue weighted by Crippen LogP contribution is -2.52. The first-order valence-electron chi connectivity index (χ1n) is 12.0. The maximum absolute atomic E-state index is 13.3. The van der Waals surface area contributed by atoms with Crippen LogP contribution in [0.25, 0.3) is 11.1 Å². The number of hydrogen-bond acceptors (Lipinski definition) is 5. The average Bonchev–Trinajstić information content (AvgIpc) is 3.13. The Balaban J connectivity index is 1.70. The van der Waals surface area contributed by atoms with Crippen LogP contribution in [0.5, 0.6) is 0 Å². The van der Waals surface area contributed by atoms with Gasteiger partial charge in [0.05, 0.1) is 6.42 Å². The standard InChI is InChI=1S/C27H35N3O5/c1-18(2)30(16-14-25(31)32)26(33)24(13-15-29(3)4)28-27(34)35-17-23-21-11-7-5-9-19(21)20-10-6-8-12-22(20)23/h5-12,18,23-24H,13-17H2,1-4H3,(H,28,34)(H,31,32). The number of carbonyl (C=O) groups excluding carboxylic acids is 2. The van der Waals surface area contributed by atoms with Crippen molar-refractivity contribution in [2.75, 3.05) is 33.8 Å². The molecule has 8 nitrogen and oxygen atoms in total. The highest BCUT2D eigenvalue weighted by molar-refractivity contribution is 5.86. The lowest BCUT2D eigenvalue weighted by atomic mass is 9.98. The topological polar surface area (TPSA) is 99.2 Å². The van der Waals surface area contributed by atoms with Crippen molar-refractivity contribution in [1.29, 1.82) is 0 Å². The van der Waals surface area contributed by atoms with E-state index in [9.17, 15) is 14.4 Å². The van der Waals surface area contributed by atoms with Crippen LogP contribution in [0.2, 0.25) is 0 Å². The number of amides is 2. The molecule has 2 aromatic rings. The number of fused-ring (bicyclic) bond motifs is 3. The number of carbonyl (C=O) groups is 3. The Morgan fingerprint density at radius 1 is 0.971 bits per heavy atom. The summed E-state index contributed by atoms with van der Waals surface area (Å²) in [5.74, 6) is -1.36. The highest BCUT2D eigenvalue weighted by Crippen LogP contribution is 2.44. The van der Waals surface area contributed by atoms with Gasteiger partial charge in [-0.1, -0.05) is 48.5 Å². The van der Waals surface area contributed by atoms with E-state index in [1.807, 2.05) is 69.2 Å². The van der Waals surface area contributed by atoms with E-state index in [1.54, 1.807) is 0 Å². The molecule has 0 heterocycles. The summed E-state index contributed by atoms with van der Waals surface area (Å²) < 4.78 is 5.64. The molecule has 0 aromatic heterocycles. The molecule has 8 heteroatoms. The predicted molar refractivity (Wildman–Crippen MR) is 134 cm³/mol. The fourth-order valence-electron chi connectivity index (χ4n) is 4.47. The molecular weight excluding hydrogens is 446 g/mol. The fraction of sp³-hybridized carbons (Fsp3) is 0.444. The maximum Gasteiger partial charge on any atom is 0.407 e. The van der Waals surface area contributed by atoms with Gasteiger partial charge in [0.25, 0.3) is 0 Å². The number of benzene rings is 2. The van der Waals surface area contributed by atoms with Gasteiger partial charge >= 0.3 is 12.1 Å². The smallest absolute Gasteiger partial charge is 0.407 e. The van der Waals surface area contributed by atoms with Crippen LogP contribution in [0.4, 0.5) is 4.79 Å². The van der Waals surface area contributed by atoms with Crippen LogP contribution in [0.15, 0.2) is 48.5 Å². The zero-order chi connectivity index (χ0) is 25.5. The summed E-state index contributed by atoms with van der Waals surface area (Å²) in [7, 11) is 3.78. The third-order valence-corrected chi connectivity index (χ3v) is 6.27. The van der Waals surface area contributed by atoms with Crippen molar-refractivity contribution in [3.05, 3.63) is 59.7 Å². The van der Waals surface area contributed by atoms with E-state index in [0.29, 0.717) is 13.0 Å². The molecule has 0 bridgehead atoms. The molecule has 1 aliphatic rings. The number of alkyl carbamates (subject to hydrolysis) is 1. The summed E-state index contributed by atoms with van der Waals surface area (Å²) >= 11 is 0. The molecule has 2 aromatic carbocycles. The molecule has 1 unspecified atom stereocenters. The van der Waals surface area contributed by atoms with Crippen molar-refractivity contribution in [1.82, 2.24) is 15.1 Å². The number of carboxylic acids is 1. The van der Waals surface area contributed by atoms with Crippen LogP contribution >= 0.6 is 0 Å². The number of rotatable bonds is 11. The summed E-state index contributed by atoms with van der Waals surface area (Å²) in [5, 5.41) is 11.8. The largest absolute Gasteiger partial charge is 0.481 e. The van der Waals surface area contributed by atoms with Crippen LogP contribution in [-0.2, 0) is 14.3 Å². The summed E-state index contributed by atoms with van der Waals surface area (Å²) in [4.78, 5) is 40.6. The molecule has 2 N–H and O–H groups in total. The zero-order valence-corrected chi connectivity index (χ0v) is 20.9. The lowest BCUT2D eigenvalue weighted by Gasteiger charge is -2.31. The van der Waals surface area contributed by atoms with Crippen LogP contribution < -0.4 is 5.32 Å². The van der Waals surface area contributed by atoms with Crippen molar-refractivity contribution in [2.24, 2.45) is 0 Å². The first-order valence-corrected chi connectivity index (χ1v) is 12.0. The zero-order valence-electron chi connectivity index (χ0n) is 20.9. The maximum atomic E-state index is 13.3. The minimum absolute atomic E-state index is 0.0770.